The van der Waals surface area contributed by atoms with Gasteiger partial charge >= 0.3 is 0 Å². The molecule has 21 heavy (non-hydrogen) atoms. The summed E-state index contributed by atoms with van der Waals surface area (Å²) >= 11 is 0. The number of ether oxygens (including phenoxy) is 2. The van der Waals surface area contributed by atoms with Gasteiger partial charge in [-0.2, -0.15) is 0 Å². The van der Waals surface area contributed by atoms with E-state index in [1.807, 2.05) is 13.8 Å². The highest BCUT2D eigenvalue weighted by Gasteiger charge is 2.17. The molecule has 0 aliphatic carbocycles. The lowest BCUT2D eigenvalue weighted by Gasteiger charge is -2.24. The quantitative estimate of drug-likeness (QED) is 0.388. The van der Waals surface area contributed by atoms with Crippen LogP contribution in [0.1, 0.15) is 13.8 Å². The molecule has 1 aromatic rings. The van der Waals surface area contributed by atoms with E-state index in [0.717, 1.165) is 6.07 Å². The molecule has 0 amide bonds. The molecule has 6 nitrogen and oxygen atoms in total. The van der Waals surface area contributed by atoms with E-state index < -0.39 is 11.6 Å². The van der Waals surface area contributed by atoms with Crippen molar-refractivity contribution >= 4 is 11.6 Å². The van der Waals surface area contributed by atoms with Crippen molar-refractivity contribution in [2.45, 2.75) is 13.8 Å². The van der Waals surface area contributed by atoms with E-state index >= 15 is 0 Å². The van der Waals surface area contributed by atoms with Crippen LogP contribution in [0.2, 0.25) is 0 Å². The standard InChI is InChI=1S/C13H22F2N4O2/c1-3-20-7-5-19(6-8-21-4-2)13-11(15)9-10(14)12(17-13)18-16/h9H,3-8,16H2,1-2H3,(H,17,18). The lowest BCUT2D eigenvalue weighted by molar-refractivity contribution is 0.141. The molecular formula is C13H22F2N4O2. The second-order valence-electron chi connectivity index (χ2n) is 4.15. The van der Waals surface area contributed by atoms with Gasteiger partial charge in [0.15, 0.2) is 23.3 Å². The van der Waals surface area contributed by atoms with Crippen LogP contribution in [0.15, 0.2) is 6.07 Å². The molecule has 8 heteroatoms. The monoisotopic (exact) mass is 304 g/mol. The first-order valence-electron chi connectivity index (χ1n) is 6.87. The van der Waals surface area contributed by atoms with E-state index in [1.165, 1.54) is 0 Å². The Balaban J connectivity index is 2.89. The van der Waals surface area contributed by atoms with Crippen LogP contribution >= 0.6 is 0 Å². The van der Waals surface area contributed by atoms with Gasteiger partial charge in [-0.15, -0.1) is 0 Å². The first-order chi connectivity index (χ1) is 10.1. The number of hydrazine groups is 1. The van der Waals surface area contributed by atoms with Crippen molar-refractivity contribution in [1.29, 1.82) is 0 Å². The number of anilines is 2. The third-order valence-corrected chi connectivity index (χ3v) is 2.77. The zero-order valence-corrected chi connectivity index (χ0v) is 12.4. The van der Waals surface area contributed by atoms with Gasteiger partial charge in [-0.3, -0.25) is 0 Å². The largest absolute Gasteiger partial charge is 0.380 e. The molecule has 1 rings (SSSR count). The summed E-state index contributed by atoms with van der Waals surface area (Å²) in [4.78, 5) is 5.52. The van der Waals surface area contributed by atoms with Crippen LogP contribution < -0.4 is 16.2 Å². The van der Waals surface area contributed by atoms with Gasteiger partial charge in [-0.1, -0.05) is 0 Å². The normalized spacial score (nSPS) is 10.7. The summed E-state index contributed by atoms with van der Waals surface area (Å²) in [6, 6.07) is 0.756. The van der Waals surface area contributed by atoms with Crippen molar-refractivity contribution in [2.24, 2.45) is 5.84 Å². The Morgan fingerprint density at radius 3 is 2.19 bits per heavy atom. The number of nitrogens with one attached hydrogen (secondary N) is 1. The number of pyridine rings is 1. The van der Waals surface area contributed by atoms with Gasteiger partial charge < -0.3 is 19.8 Å². The second-order valence-corrected chi connectivity index (χ2v) is 4.15. The molecule has 0 saturated carbocycles. The summed E-state index contributed by atoms with van der Waals surface area (Å²) in [7, 11) is 0. The number of halogens is 2. The Kier molecular flexibility index (Phi) is 7.88. The Morgan fingerprint density at radius 1 is 1.14 bits per heavy atom. The average Bonchev–Trinajstić information content (AvgIpc) is 2.46. The second kappa shape index (κ2) is 9.43. The number of aromatic nitrogens is 1. The van der Waals surface area contributed by atoms with Crippen molar-refractivity contribution in [3.05, 3.63) is 17.7 Å². The average molecular weight is 304 g/mol. The van der Waals surface area contributed by atoms with Crippen LogP contribution in [0.4, 0.5) is 20.4 Å². The molecule has 1 heterocycles. The summed E-state index contributed by atoms with van der Waals surface area (Å²) in [5, 5.41) is 0. The lowest BCUT2D eigenvalue weighted by Crippen LogP contribution is -2.33. The summed E-state index contributed by atoms with van der Waals surface area (Å²) < 4.78 is 37.9. The van der Waals surface area contributed by atoms with Crippen molar-refractivity contribution in [3.8, 4) is 0 Å². The highest BCUT2D eigenvalue weighted by Crippen LogP contribution is 2.21. The van der Waals surface area contributed by atoms with Crippen LogP contribution in [-0.2, 0) is 9.47 Å². The number of hydrogen-bond donors (Lipinski definition) is 2. The van der Waals surface area contributed by atoms with Crippen LogP contribution in [0, 0.1) is 11.6 Å². The van der Waals surface area contributed by atoms with E-state index in [1.54, 1.807) is 4.90 Å². The van der Waals surface area contributed by atoms with Crippen molar-refractivity contribution < 1.29 is 18.3 Å². The molecule has 3 N–H and O–H groups in total. The topological polar surface area (TPSA) is 72.6 Å². The highest BCUT2D eigenvalue weighted by atomic mass is 19.1. The molecule has 0 aliphatic rings. The van der Waals surface area contributed by atoms with E-state index in [0.29, 0.717) is 39.5 Å². The fourth-order valence-corrected chi connectivity index (χ4v) is 1.74. The molecule has 0 fully saturated rings. The maximum Gasteiger partial charge on any atom is 0.178 e. The third kappa shape index (κ3) is 5.41. The molecule has 0 spiro atoms. The minimum Gasteiger partial charge on any atom is -0.380 e. The Bertz CT molecular complexity index is 425. The molecule has 120 valence electrons. The molecule has 0 atom stereocenters. The van der Waals surface area contributed by atoms with Gasteiger partial charge in [-0.25, -0.2) is 19.6 Å². The SMILES string of the molecule is CCOCCN(CCOCC)c1nc(NN)c(F)cc1F. The number of rotatable bonds is 10. The van der Waals surface area contributed by atoms with Crippen molar-refractivity contribution in [3.63, 3.8) is 0 Å². The van der Waals surface area contributed by atoms with Gasteiger partial charge in [0.25, 0.3) is 0 Å². The minimum absolute atomic E-state index is 0.0174. The van der Waals surface area contributed by atoms with Crippen LogP contribution in [-0.4, -0.2) is 44.5 Å². The van der Waals surface area contributed by atoms with E-state index in [4.69, 9.17) is 15.3 Å². The van der Waals surface area contributed by atoms with Crippen LogP contribution in [0.3, 0.4) is 0 Å². The van der Waals surface area contributed by atoms with Gasteiger partial charge in [0, 0.05) is 32.4 Å². The van der Waals surface area contributed by atoms with Gasteiger partial charge in [0.1, 0.15) is 0 Å². The van der Waals surface area contributed by atoms with Gasteiger partial charge in [-0.05, 0) is 13.8 Å². The molecule has 0 unspecified atom stereocenters. The molecule has 0 aromatic carbocycles. The molecule has 1 aromatic heterocycles. The minimum atomic E-state index is -0.840. The fourth-order valence-electron chi connectivity index (χ4n) is 1.74. The molecule has 0 radical (unpaired) electrons. The van der Waals surface area contributed by atoms with Crippen LogP contribution in [0.25, 0.3) is 0 Å². The number of nitrogen functional groups attached to an aromatic ring is 1. The fraction of sp³-hybridized carbons (Fsp3) is 0.615. The molecule has 0 aliphatic heterocycles. The smallest absolute Gasteiger partial charge is 0.178 e. The van der Waals surface area contributed by atoms with E-state index in [2.05, 4.69) is 10.4 Å². The first kappa shape index (κ1) is 17.5. The van der Waals surface area contributed by atoms with Gasteiger partial charge in [0.05, 0.1) is 13.2 Å². The van der Waals surface area contributed by atoms with E-state index in [-0.39, 0.29) is 11.6 Å². The lowest BCUT2D eigenvalue weighted by atomic mass is 10.3. The highest BCUT2D eigenvalue weighted by molar-refractivity contribution is 5.48. The van der Waals surface area contributed by atoms with E-state index in [9.17, 15) is 8.78 Å². The maximum absolute atomic E-state index is 13.9. The Labute approximate surface area is 123 Å². The summed E-state index contributed by atoms with van der Waals surface area (Å²) in [5.74, 6) is 3.39. The predicted octanol–water partition coefficient (Wildman–Crippen LogP) is 1.52. The molecule has 0 bridgehead atoms. The van der Waals surface area contributed by atoms with Gasteiger partial charge in [0.2, 0.25) is 0 Å². The zero-order valence-electron chi connectivity index (χ0n) is 12.4. The number of nitrogens with zero attached hydrogens (tertiary/aromatic N) is 2. The summed E-state index contributed by atoms with van der Waals surface area (Å²) in [6.07, 6.45) is 0. The number of hydrogen-bond acceptors (Lipinski definition) is 6. The Morgan fingerprint density at radius 2 is 1.71 bits per heavy atom. The van der Waals surface area contributed by atoms with Crippen LogP contribution in [0.5, 0.6) is 0 Å². The zero-order chi connectivity index (χ0) is 15.7. The molecular weight excluding hydrogens is 282 g/mol. The molecule has 0 saturated heterocycles. The predicted molar refractivity (Wildman–Crippen MR) is 77.2 cm³/mol. The number of nitrogens with two attached hydrogens (primary N) is 1. The Hall–Kier alpha value is -1.51. The summed E-state index contributed by atoms with van der Waals surface area (Å²) in [5.41, 5.74) is 2.11. The maximum atomic E-state index is 13.9. The third-order valence-electron chi connectivity index (χ3n) is 2.77. The van der Waals surface area contributed by atoms with Crippen molar-refractivity contribution in [1.82, 2.24) is 4.98 Å². The van der Waals surface area contributed by atoms with Crippen molar-refractivity contribution in [2.75, 3.05) is 49.8 Å². The first-order valence-corrected chi connectivity index (χ1v) is 6.87. The summed E-state index contributed by atoms with van der Waals surface area (Å²) in [6.45, 7) is 6.53.